The van der Waals surface area contributed by atoms with E-state index in [-0.39, 0.29) is 0 Å². The molecular weight excluding hydrogens is 701 g/mol. The molecule has 3 nitrogen and oxygen atoms in total. The summed E-state index contributed by atoms with van der Waals surface area (Å²) in [7, 11) is 0. The highest BCUT2D eigenvalue weighted by Crippen LogP contribution is 2.45. The molecule has 9 aromatic carbocycles. The first-order valence-electron chi connectivity index (χ1n) is 19.0. The number of thiophene rings is 1. The Morgan fingerprint density at radius 2 is 1.12 bits per heavy atom. The molecular formula is C52H32N2OS. The summed E-state index contributed by atoms with van der Waals surface area (Å²) >= 11 is 1.84. The standard InChI is InChI=1S/C52H32N2OS/c1-2-12-36(13-3-1)54-47-31-35(24-28-40(47)43-29-23-34-11-4-5-14-39(34)51(43)54)33-21-25-37(26-22-33)53(38-27-30-50-45(32-38)42-16-7-9-20-49(42)56-50)46-18-10-17-44-41-15-6-8-19-48(41)55-52(44)46/h1-32H. The number of para-hydroxylation sites is 3. The van der Waals surface area contributed by atoms with Crippen LogP contribution in [0.25, 0.3) is 91.5 Å². The second-order valence-corrected chi connectivity index (χ2v) is 15.6. The van der Waals surface area contributed by atoms with Crippen LogP contribution in [0.5, 0.6) is 0 Å². The van der Waals surface area contributed by atoms with E-state index >= 15 is 0 Å². The second kappa shape index (κ2) is 12.2. The van der Waals surface area contributed by atoms with Crippen molar-refractivity contribution in [3.05, 3.63) is 194 Å². The third-order valence-electron chi connectivity index (χ3n) is 11.4. The van der Waals surface area contributed by atoms with Crippen molar-refractivity contribution in [2.24, 2.45) is 0 Å². The van der Waals surface area contributed by atoms with Crippen LogP contribution in [0.3, 0.4) is 0 Å². The highest BCUT2D eigenvalue weighted by atomic mass is 32.1. The first kappa shape index (κ1) is 31.2. The smallest absolute Gasteiger partial charge is 0.159 e. The van der Waals surface area contributed by atoms with E-state index in [2.05, 4.69) is 198 Å². The van der Waals surface area contributed by atoms with Crippen LogP contribution in [0.1, 0.15) is 0 Å². The zero-order chi connectivity index (χ0) is 36.7. The van der Waals surface area contributed by atoms with Gasteiger partial charge in [-0.3, -0.25) is 0 Å². The number of hydrogen-bond acceptors (Lipinski definition) is 3. The Kier molecular flexibility index (Phi) is 6.80. The summed E-state index contributed by atoms with van der Waals surface area (Å²) in [5, 5.41) is 9.77. The Balaban J connectivity index is 1.04. The summed E-state index contributed by atoms with van der Waals surface area (Å²) in [5.41, 5.74) is 10.8. The number of benzene rings is 9. The number of aromatic nitrogens is 1. The Hall–Kier alpha value is -7.14. The van der Waals surface area contributed by atoms with E-state index in [1.54, 1.807) is 0 Å². The van der Waals surface area contributed by atoms with E-state index in [1.165, 1.54) is 58.3 Å². The van der Waals surface area contributed by atoms with Crippen LogP contribution in [0.15, 0.2) is 199 Å². The van der Waals surface area contributed by atoms with Gasteiger partial charge in [0.1, 0.15) is 5.58 Å². The number of fused-ring (bicyclic) bond motifs is 11. The molecule has 262 valence electrons. The van der Waals surface area contributed by atoms with Gasteiger partial charge in [-0.25, -0.2) is 0 Å². The minimum atomic E-state index is 0.875. The zero-order valence-corrected chi connectivity index (χ0v) is 31.0. The largest absolute Gasteiger partial charge is 0.454 e. The van der Waals surface area contributed by atoms with Crippen LogP contribution in [0, 0.1) is 0 Å². The van der Waals surface area contributed by atoms with Crippen molar-refractivity contribution in [2.75, 3.05) is 4.90 Å². The Bertz CT molecular complexity index is 3480. The average molecular weight is 733 g/mol. The molecule has 0 amide bonds. The molecule has 0 spiro atoms. The summed E-state index contributed by atoms with van der Waals surface area (Å²) in [6, 6.07) is 70.2. The van der Waals surface area contributed by atoms with Gasteiger partial charge in [0.25, 0.3) is 0 Å². The van der Waals surface area contributed by atoms with Crippen molar-refractivity contribution in [1.29, 1.82) is 0 Å². The molecule has 0 aliphatic rings. The topological polar surface area (TPSA) is 21.3 Å². The maximum absolute atomic E-state index is 6.64. The van der Waals surface area contributed by atoms with Gasteiger partial charge >= 0.3 is 0 Å². The lowest BCUT2D eigenvalue weighted by molar-refractivity contribution is 0.669. The summed E-state index contributed by atoms with van der Waals surface area (Å²) in [5.74, 6) is 0. The Morgan fingerprint density at radius 1 is 0.429 bits per heavy atom. The molecule has 56 heavy (non-hydrogen) atoms. The molecule has 0 radical (unpaired) electrons. The van der Waals surface area contributed by atoms with Gasteiger partial charge in [-0.2, -0.15) is 0 Å². The van der Waals surface area contributed by atoms with Crippen LogP contribution in [-0.4, -0.2) is 4.57 Å². The molecule has 0 unspecified atom stereocenters. The summed E-state index contributed by atoms with van der Waals surface area (Å²) in [4.78, 5) is 2.35. The van der Waals surface area contributed by atoms with Crippen LogP contribution >= 0.6 is 11.3 Å². The molecule has 12 rings (SSSR count). The fourth-order valence-corrected chi connectivity index (χ4v) is 9.88. The van der Waals surface area contributed by atoms with E-state index in [0.29, 0.717) is 0 Å². The lowest BCUT2D eigenvalue weighted by Crippen LogP contribution is -2.10. The van der Waals surface area contributed by atoms with Gasteiger partial charge < -0.3 is 13.9 Å². The highest BCUT2D eigenvalue weighted by molar-refractivity contribution is 7.25. The van der Waals surface area contributed by atoms with Gasteiger partial charge in [0, 0.05) is 64.2 Å². The molecule has 0 saturated heterocycles. The van der Waals surface area contributed by atoms with Gasteiger partial charge in [0.05, 0.1) is 16.7 Å². The summed E-state index contributed by atoms with van der Waals surface area (Å²) in [6.45, 7) is 0. The van der Waals surface area contributed by atoms with Gasteiger partial charge in [-0.05, 0) is 83.2 Å². The molecule has 0 fully saturated rings. The van der Waals surface area contributed by atoms with E-state index in [4.69, 9.17) is 4.42 Å². The van der Waals surface area contributed by atoms with E-state index in [0.717, 1.165) is 50.3 Å². The first-order chi connectivity index (χ1) is 27.8. The monoisotopic (exact) mass is 732 g/mol. The quantitative estimate of drug-likeness (QED) is 0.176. The fraction of sp³-hybridized carbons (Fsp3) is 0. The van der Waals surface area contributed by atoms with Gasteiger partial charge in [-0.1, -0.05) is 127 Å². The maximum atomic E-state index is 6.64. The van der Waals surface area contributed by atoms with Crippen LogP contribution in [0.2, 0.25) is 0 Å². The van der Waals surface area contributed by atoms with Gasteiger partial charge in [0.2, 0.25) is 0 Å². The molecule has 0 bridgehead atoms. The molecule has 0 aliphatic heterocycles. The van der Waals surface area contributed by atoms with Crippen molar-refractivity contribution in [3.63, 3.8) is 0 Å². The van der Waals surface area contributed by atoms with Gasteiger partial charge in [0.15, 0.2) is 5.58 Å². The molecule has 0 aliphatic carbocycles. The number of nitrogens with zero attached hydrogens (tertiary/aromatic N) is 2. The van der Waals surface area contributed by atoms with Crippen molar-refractivity contribution < 1.29 is 4.42 Å². The van der Waals surface area contributed by atoms with Crippen molar-refractivity contribution in [2.45, 2.75) is 0 Å². The third kappa shape index (κ3) is 4.70. The van der Waals surface area contributed by atoms with Crippen LogP contribution < -0.4 is 4.90 Å². The maximum Gasteiger partial charge on any atom is 0.159 e. The summed E-state index contributed by atoms with van der Waals surface area (Å²) in [6.07, 6.45) is 0. The predicted octanol–water partition coefficient (Wildman–Crippen LogP) is 15.3. The van der Waals surface area contributed by atoms with Crippen LogP contribution in [-0.2, 0) is 0 Å². The molecule has 0 N–H and O–H groups in total. The molecule has 0 atom stereocenters. The molecule has 3 heterocycles. The van der Waals surface area contributed by atoms with E-state index in [9.17, 15) is 0 Å². The first-order valence-corrected chi connectivity index (χ1v) is 19.8. The van der Waals surface area contributed by atoms with Crippen molar-refractivity contribution in [3.8, 4) is 16.8 Å². The third-order valence-corrected chi connectivity index (χ3v) is 12.5. The highest BCUT2D eigenvalue weighted by Gasteiger charge is 2.21. The second-order valence-electron chi connectivity index (χ2n) is 14.5. The average Bonchev–Trinajstić information content (AvgIpc) is 3.94. The Morgan fingerprint density at radius 3 is 2.02 bits per heavy atom. The van der Waals surface area contributed by atoms with Crippen molar-refractivity contribution in [1.82, 2.24) is 4.57 Å². The minimum absolute atomic E-state index is 0.875. The predicted molar refractivity (Wildman–Crippen MR) is 239 cm³/mol. The normalized spacial score (nSPS) is 11.9. The van der Waals surface area contributed by atoms with E-state index in [1.807, 2.05) is 17.4 Å². The van der Waals surface area contributed by atoms with Crippen molar-refractivity contribution >= 4 is 103 Å². The molecule has 3 aromatic heterocycles. The Labute approximate surface area is 326 Å². The lowest BCUT2D eigenvalue weighted by Gasteiger charge is -2.26. The number of furan rings is 1. The van der Waals surface area contributed by atoms with Crippen LogP contribution in [0.4, 0.5) is 17.1 Å². The summed E-state index contributed by atoms with van der Waals surface area (Å²) < 4.78 is 11.7. The lowest BCUT2D eigenvalue weighted by atomic mass is 10.0. The molecule has 4 heteroatoms. The molecule has 0 saturated carbocycles. The zero-order valence-electron chi connectivity index (χ0n) is 30.2. The van der Waals surface area contributed by atoms with Gasteiger partial charge in [-0.15, -0.1) is 11.3 Å². The number of anilines is 3. The SMILES string of the molecule is c1ccc(-n2c3cc(-c4ccc(N(c5ccc6sc7ccccc7c6c5)c5cccc6c5oc5ccccc56)cc4)ccc3c3ccc4ccccc4c32)cc1. The number of rotatable bonds is 5. The number of hydrogen-bond donors (Lipinski definition) is 0. The fourth-order valence-electron chi connectivity index (χ4n) is 8.79. The van der Waals surface area contributed by atoms with E-state index < -0.39 is 0 Å². The minimum Gasteiger partial charge on any atom is -0.454 e. The molecule has 12 aromatic rings.